The predicted molar refractivity (Wildman–Crippen MR) is 83.2 cm³/mol. The van der Waals surface area contributed by atoms with Crippen LogP contribution in [0, 0.1) is 17.1 Å². The van der Waals surface area contributed by atoms with Crippen LogP contribution in [0.1, 0.15) is 11.1 Å². The van der Waals surface area contributed by atoms with E-state index in [0.717, 1.165) is 10.1 Å². The first kappa shape index (κ1) is 16.7. The second-order valence-electron chi connectivity index (χ2n) is 4.58. The van der Waals surface area contributed by atoms with Gasteiger partial charge in [-0.3, -0.25) is 14.2 Å². The number of rotatable bonds is 5. The van der Waals surface area contributed by atoms with Crippen molar-refractivity contribution in [3.63, 3.8) is 0 Å². The summed E-state index contributed by atoms with van der Waals surface area (Å²) in [6, 6.07) is 7.53. The van der Waals surface area contributed by atoms with Gasteiger partial charge in [0.1, 0.15) is 29.0 Å². The van der Waals surface area contributed by atoms with Gasteiger partial charge in [-0.1, -0.05) is 12.1 Å². The minimum Gasteiger partial charge on any atom is -0.350 e. The third-order valence-electron chi connectivity index (χ3n) is 3.03. The number of amides is 1. The monoisotopic (exact) mass is 332 g/mol. The Bertz CT molecular complexity index is 812. The van der Waals surface area contributed by atoms with Crippen LogP contribution in [0.5, 0.6) is 0 Å². The molecule has 1 heterocycles. The van der Waals surface area contributed by atoms with Gasteiger partial charge in [0.05, 0.1) is 6.33 Å². The van der Waals surface area contributed by atoms with E-state index in [2.05, 4.69) is 10.3 Å². The van der Waals surface area contributed by atoms with Gasteiger partial charge in [0, 0.05) is 6.54 Å². The molecular weight excluding hydrogens is 319 g/mol. The highest BCUT2D eigenvalue weighted by Crippen LogP contribution is 2.12. The second kappa shape index (κ2) is 7.56. The molecule has 0 saturated carbocycles. The molecule has 118 valence electrons. The molecule has 0 aliphatic rings. The standard InChI is InChI=1S/C15H13FN4O2S/c1-23-14-12(6-17)15(22)20(9-19-14)8-13(21)18-7-10-2-4-11(16)5-3-10/h2-5,9H,7-8H2,1H3,(H,18,21). The molecule has 1 amide bonds. The number of thioether (sulfide) groups is 1. The molecule has 6 nitrogen and oxygen atoms in total. The zero-order chi connectivity index (χ0) is 16.8. The summed E-state index contributed by atoms with van der Waals surface area (Å²) in [6.07, 6.45) is 2.95. The number of benzene rings is 1. The Hall–Kier alpha value is -2.66. The molecule has 0 saturated heterocycles. The summed E-state index contributed by atoms with van der Waals surface area (Å²) in [7, 11) is 0. The maximum atomic E-state index is 12.8. The zero-order valence-corrected chi connectivity index (χ0v) is 13.1. The van der Waals surface area contributed by atoms with Crippen molar-refractivity contribution in [2.45, 2.75) is 18.1 Å². The number of halogens is 1. The minimum absolute atomic E-state index is 0.0775. The Morgan fingerprint density at radius 3 is 2.74 bits per heavy atom. The average Bonchev–Trinajstić information content (AvgIpc) is 2.56. The molecule has 1 aromatic carbocycles. The van der Waals surface area contributed by atoms with Gasteiger partial charge in [0.25, 0.3) is 5.56 Å². The Kier molecular flexibility index (Phi) is 5.49. The molecule has 0 radical (unpaired) electrons. The van der Waals surface area contributed by atoms with Crippen molar-refractivity contribution in [3.05, 3.63) is 57.9 Å². The number of hydrogen-bond acceptors (Lipinski definition) is 5. The van der Waals surface area contributed by atoms with Gasteiger partial charge in [0.15, 0.2) is 0 Å². The SMILES string of the molecule is CSc1ncn(CC(=O)NCc2ccc(F)cc2)c(=O)c1C#N. The number of nitriles is 1. The first-order valence-electron chi connectivity index (χ1n) is 6.60. The smallest absolute Gasteiger partial charge is 0.272 e. The van der Waals surface area contributed by atoms with E-state index in [1.54, 1.807) is 18.4 Å². The molecule has 1 aromatic heterocycles. The summed E-state index contributed by atoms with van der Waals surface area (Å²) in [6.45, 7) is -0.0222. The van der Waals surface area contributed by atoms with Gasteiger partial charge >= 0.3 is 0 Å². The van der Waals surface area contributed by atoms with Crippen molar-refractivity contribution in [2.24, 2.45) is 0 Å². The largest absolute Gasteiger partial charge is 0.350 e. The lowest BCUT2D eigenvalue weighted by Gasteiger charge is -2.08. The lowest BCUT2D eigenvalue weighted by molar-refractivity contribution is -0.121. The number of carbonyl (C=O) groups is 1. The summed E-state index contributed by atoms with van der Waals surface area (Å²) in [5.41, 5.74) is 0.107. The molecule has 0 atom stereocenters. The zero-order valence-electron chi connectivity index (χ0n) is 12.2. The molecule has 0 spiro atoms. The van der Waals surface area contributed by atoms with E-state index in [4.69, 9.17) is 5.26 Å². The van der Waals surface area contributed by atoms with E-state index in [1.165, 1.54) is 30.2 Å². The number of aromatic nitrogens is 2. The molecule has 0 aliphatic heterocycles. The van der Waals surface area contributed by atoms with Gasteiger partial charge in [-0.2, -0.15) is 5.26 Å². The van der Waals surface area contributed by atoms with Crippen LogP contribution in [0.3, 0.4) is 0 Å². The summed E-state index contributed by atoms with van der Waals surface area (Å²) < 4.78 is 13.9. The second-order valence-corrected chi connectivity index (χ2v) is 5.37. The Labute approximate surface area is 136 Å². The molecule has 8 heteroatoms. The van der Waals surface area contributed by atoms with Crippen LogP contribution in [0.2, 0.25) is 0 Å². The van der Waals surface area contributed by atoms with Crippen molar-refractivity contribution >= 4 is 17.7 Å². The lowest BCUT2D eigenvalue weighted by atomic mass is 10.2. The maximum Gasteiger partial charge on any atom is 0.272 e. The third kappa shape index (κ3) is 4.17. The quantitative estimate of drug-likeness (QED) is 0.658. The number of hydrogen-bond donors (Lipinski definition) is 1. The van der Waals surface area contributed by atoms with E-state index in [0.29, 0.717) is 5.03 Å². The fraction of sp³-hybridized carbons (Fsp3) is 0.200. The number of nitrogens with zero attached hydrogens (tertiary/aromatic N) is 3. The van der Waals surface area contributed by atoms with Crippen molar-refractivity contribution in [1.29, 1.82) is 5.26 Å². The van der Waals surface area contributed by atoms with Crippen molar-refractivity contribution in [3.8, 4) is 6.07 Å². The fourth-order valence-corrected chi connectivity index (χ4v) is 2.34. The Morgan fingerprint density at radius 2 is 2.13 bits per heavy atom. The molecule has 1 N–H and O–H groups in total. The molecule has 0 bridgehead atoms. The van der Waals surface area contributed by atoms with E-state index in [-0.39, 0.29) is 24.5 Å². The van der Waals surface area contributed by atoms with Crippen LogP contribution in [0.15, 0.2) is 40.4 Å². The maximum absolute atomic E-state index is 12.8. The van der Waals surface area contributed by atoms with Crippen LogP contribution in [-0.2, 0) is 17.9 Å². The van der Waals surface area contributed by atoms with Crippen LogP contribution in [0.25, 0.3) is 0 Å². The molecule has 0 unspecified atom stereocenters. The van der Waals surface area contributed by atoms with Crippen LogP contribution in [-0.4, -0.2) is 21.7 Å². The van der Waals surface area contributed by atoms with Gasteiger partial charge < -0.3 is 5.32 Å². The van der Waals surface area contributed by atoms with Gasteiger partial charge in [0.2, 0.25) is 5.91 Å². The Balaban J connectivity index is 2.05. The van der Waals surface area contributed by atoms with Crippen molar-refractivity contribution < 1.29 is 9.18 Å². The van der Waals surface area contributed by atoms with E-state index < -0.39 is 11.5 Å². The third-order valence-corrected chi connectivity index (χ3v) is 3.72. The van der Waals surface area contributed by atoms with Crippen LogP contribution in [0.4, 0.5) is 4.39 Å². The summed E-state index contributed by atoms with van der Waals surface area (Å²) in [5.74, 6) is -0.755. The predicted octanol–water partition coefficient (Wildman–Crippen LogP) is 1.29. The van der Waals surface area contributed by atoms with Crippen LogP contribution < -0.4 is 10.9 Å². The van der Waals surface area contributed by atoms with Crippen LogP contribution >= 0.6 is 11.8 Å². The average molecular weight is 332 g/mol. The van der Waals surface area contributed by atoms with Gasteiger partial charge in [-0.25, -0.2) is 9.37 Å². The molecular formula is C15H13FN4O2S. The fourth-order valence-electron chi connectivity index (χ4n) is 1.85. The molecule has 0 aliphatic carbocycles. The summed E-state index contributed by atoms with van der Waals surface area (Å²) >= 11 is 1.19. The summed E-state index contributed by atoms with van der Waals surface area (Å²) in [5, 5.41) is 12.0. The lowest BCUT2D eigenvalue weighted by Crippen LogP contribution is -2.33. The van der Waals surface area contributed by atoms with Gasteiger partial charge in [-0.15, -0.1) is 11.8 Å². The topological polar surface area (TPSA) is 87.8 Å². The highest BCUT2D eigenvalue weighted by molar-refractivity contribution is 7.98. The van der Waals surface area contributed by atoms with E-state index >= 15 is 0 Å². The molecule has 2 rings (SSSR count). The number of nitrogens with one attached hydrogen (secondary N) is 1. The highest BCUT2D eigenvalue weighted by Gasteiger charge is 2.12. The normalized spacial score (nSPS) is 10.1. The number of carbonyl (C=O) groups excluding carboxylic acids is 1. The first-order valence-corrected chi connectivity index (χ1v) is 7.82. The van der Waals surface area contributed by atoms with E-state index in [1.807, 2.05) is 6.07 Å². The highest BCUT2D eigenvalue weighted by atomic mass is 32.2. The molecule has 0 fully saturated rings. The van der Waals surface area contributed by atoms with Crippen molar-refractivity contribution in [1.82, 2.24) is 14.9 Å². The Morgan fingerprint density at radius 1 is 1.43 bits per heavy atom. The minimum atomic E-state index is -0.552. The van der Waals surface area contributed by atoms with Gasteiger partial charge in [-0.05, 0) is 24.0 Å². The first-order chi connectivity index (χ1) is 11.0. The van der Waals surface area contributed by atoms with Crippen molar-refractivity contribution in [2.75, 3.05) is 6.26 Å². The van der Waals surface area contributed by atoms with E-state index in [9.17, 15) is 14.0 Å². The molecule has 23 heavy (non-hydrogen) atoms. The molecule has 2 aromatic rings. The summed E-state index contributed by atoms with van der Waals surface area (Å²) in [4.78, 5) is 28.0.